The lowest BCUT2D eigenvalue weighted by molar-refractivity contribution is 0.0890. The van der Waals surface area contributed by atoms with Crippen LogP contribution in [-0.2, 0) is 0 Å². The fourth-order valence-electron chi connectivity index (χ4n) is 3.10. The van der Waals surface area contributed by atoms with Crippen LogP contribution in [0.25, 0.3) is 0 Å². The van der Waals surface area contributed by atoms with Crippen LogP contribution < -0.4 is 0 Å². The van der Waals surface area contributed by atoms with E-state index in [9.17, 15) is 0 Å². The second-order valence-corrected chi connectivity index (χ2v) is 4.90. The molecule has 82 valence electrons. The molecule has 2 saturated heterocycles. The van der Waals surface area contributed by atoms with E-state index in [1.807, 2.05) is 0 Å². The molecule has 2 rings (SSSR count). The average molecular weight is 196 g/mol. The van der Waals surface area contributed by atoms with Crippen LogP contribution in [0.3, 0.4) is 0 Å². The number of hydrogen-bond donors (Lipinski definition) is 0. The summed E-state index contributed by atoms with van der Waals surface area (Å²) in [5.74, 6) is 0. The van der Waals surface area contributed by atoms with Crippen LogP contribution in [0, 0.1) is 0 Å². The van der Waals surface area contributed by atoms with Gasteiger partial charge in [0.15, 0.2) is 0 Å². The number of rotatable bonds is 2. The van der Waals surface area contributed by atoms with Crippen LogP contribution in [0.4, 0.5) is 0 Å². The van der Waals surface area contributed by atoms with E-state index in [4.69, 9.17) is 0 Å². The Bertz CT molecular complexity index is 175. The summed E-state index contributed by atoms with van der Waals surface area (Å²) in [7, 11) is 0. The Balaban J connectivity index is 1.85. The summed E-state index contributed by atoms with van der Waals surface area (Å²) < 4.78 is 0. The van der Waals surface area contributed by atoms with Gasteiger partial charge in [0, 0.05) is 12.1 Å². The van der Waals surface area contributed by atoms with E-state index in [1.165, 1.54) is 51.9 Å². The number of nitrogens with zero attached hydrogens (tertiary/aromatic N) is 2. The average Bonchev–Trinajstić information content (AvgIpc) is 2.70. The zero-order valence-corrected chi connectivity index (χ0v) is 9.71. The van der Waals surface area contributed by atoms with E-state index in [0.29, 0.717) is 0 Å². The first-order chi connectivity index (χ1) is 6.81. The van der Waals surface area contributed by atoms with Gasteiger partial charge in [-0.25, -0.2) is 0 Å². The van der Waals surface area contributed by atoms with Crippen molar-refractivity contribution in [3.63, 3.8) is 0 Å². The SMILES string of the molecule is CCN1CCC(N2CCCC2)CC1C. The van der Waals surface area contributed by atoms with E-state index in [2.05, 4.69) is 23.6 Å². The molecule has 0 saturated carbocycles. The molecule has 2 aliphatic rings. The van der Waals surface area contributed by atoms with Crippen LogP contribution >= 0.6 is 0 Å². The summed E-state index contributed by atoms with van der Waals surface area (Å²) in [5.41, 5.74) is 0. The quantitative estimate of drug-likeness (QED) is 0.666. The monoisotopic (exact) mass is 196 g/mol. The molecule has 2 atom stereocenters. The highest BCUT2D eigenvalue weighted by Crippen LogP contribution is 2.24. The first kappa shape index (κ1) is 10.4. The standard InChI is InChI=1S/C12H24N2/c1-3-13-9-6-12(10-11(13)2)14-7-4-5-8-14/h11-12H,3-10H2,1-2H3. The van der Waals surface area contributed by atoms with Crippen molar-refractivity contribution in [2.24, 2.45) is 0 Å². The van der Waals surface area contributed by atoms with E-state index >= 15 is 0 Å². The van der Waals surface area contributed by atoms with E-state index in [-0.39, 0.29) is 0 Å². The lowest BCUT2D eigenvalue weighted by Gasteiger charge is -2.40. The lowest BCUT2D eigenvalue weighted by Crippen LogP contribution is -2.48. The van der Waals surface area contributed by atoms with Gasteiger partial charge in [-0.1, -0.05) is 6.92 Å². The normalized spacial score (nSPS) is 36.4. The molecule has 2 fully saturated rings. The summed E-state index contributed by atoms with van der Waals surface area (Å²) in [4.78, 5) is 5.34. The summed E-state index contributed by atoms with van der Waals surface area (Å²) in [6.45, 7) is 9.96. The second kappa shape index (κ2) is 4.63. The Labute approximate surface area is 88.3 Å². The Kier molecular flexibility index (Phi) is 3.45. The van der Waals surface area contributed by atoms with Crippen molar-refractivity contribution in [2.75, 3.05) is 26.2 Å². The van der Waals surface area contributed by atoms with Crippen LogP contribution in [0.5, 0.6) is 0 Å². The van der Waals surface area contributed by atoms with E-state index in [0.717, 1.165) is 12.1 Å². The van der Waals surface area contributed by atoms with Crippen molar-refractivity contribution in [1.29, 1.82) is 0 Å². The van der Waals surface area contributed by atoms with Crippen LogP contribution in [-0.4, -0.2) is 48.1 Å². The molecule has 0 aromatic rings. The van der Waals surface area contributed by atoms with Gasteiger partial charge in [-0.3, -0.25) is 0 Å². The summed E-state index contributed by atoms with van der Waals surface area (Å²) in [6, 6.07) is 1.70. The molecule has 2 aliphatic heterocycles. The Morgan fingerprint density at radius 3 is 2.43 bits per heavy atom. The highest BCUT2D eigenvalue weighted by molar-refractivity contribution is 4.85. The Hall–Kier alpha value is -0.0800. The molecule has 14 heavy (non-hydrogen) atoms. The van der Waals surface area contributed by atoms with Crippen molar-refractivity contribution in [1.82, 2.24) is 9.80 Å². The fourth-order valence-corrected chi connectivity index (χ4v) is 3.10. The van der Waals surface area contributed by atoms with Crippen LogP contribution in [0.1, 0.15) is 39.5 Å². The minimum absolute atomic E-state index is 0.805. The van der Waals surface area contributed by atoms with Crippen LogP contribution in [0.2, 0.25) is 0 Å². The van der Waals surface area contributed by atoms with Gasteiger partial charge >= 0.3 is 0 Å². The predicted octanol–water partition coefficient (Wildman–Crippen LogP) is 1.95. The maximum absolute atomic E-state index is 2.73. The molecule has 0 aliphatic carbocycles. The van der Waals surface area contributed by atoms with Crippen LogP contribution in [0.15, 0.2) is 0 Å². The number of likely N-dealkylation sites (tertiary alicyclic amines) is 2. The molecule has 0 aromatic heterocycles. The topological polar surface area (TPSA) is 6.48 Å². The van der Waals surface area contributed by atoms with Crippen molar-refractivity contribution in [3.05, 3.63) is 0 Å². The lowest BCUT2D eigenvalue weighted by atomic mass is 9.97. The van der Waals surface area contributed by atoms with E-state index in [1.54, 1.807) is 0 Å². The Morgan fingerprint density at radius 1 is 1.14 bits per heavy atom. The molecule has 0 bridgehead atoms. The minimum Gasteiger partial charge on any atom is -0.301 e. The minimum atomic E-state index is 0.805. The summed E-state index contributed by atoms with van der Waals surface area (Å²) in [6.07, 6.45) is 5.66. The highest BCUT2D eigenvalue weighted by atomic mass is 15.2. The van der Waals surface area contributed by atoms with Crippen molar-refractivity contribution >= 4 is 0 Å². The third-order valence-corrected chi connectivity index (χ3v) is 4.05. The molecule has 0 spiro atoms. The van der Waals surface area contributed by atoms with Crippen molar-refractivity contribution in [2.45, 2.75) is 51.6 Å². The van der Waals surface area contributed by atoms with Gasteiger partial charge in [-0.2, -0.15) is 0 Å². The van der Waals surface area contributed by atoms with Gasteiger partial charge in [-0.15, -0.1) is 0 Å². The number of piperidine rings is 1. The molecule has 2 heteroatoms. The fraction of sp³-hybridized carbons (Fsp3) is 1.00. The second-order valence-electron chi connectivity index (χ2n) is 4.90. The molecule has 2 unspecified atom stereocenters. The largest absolute Gasteiger partial charge is 0.301 e. The van der Waals surface area contributed by atoms with Gasteiger partial charge in [0.05, 0.1) is 0 Å². The molecule has 0 aromatic carbocycles. The highest BCUT2D eigenvalue weighted by Gasteiger charge is 2.29. The molecular weight excluding hydrogens is 172 g/mol. The van der Waals surface area contributed by atoms with Gasteiger partial charge in [0.1, 0.15) is 0 Å². The molecule has 2 heterocycles. The number of hydrogen-bond acceptors (Lipinski definition) is 2. The Morgan fingerprint density at radius 2 is 1.86 bits per heavy atom. The summed E-state index contributed by atoms with van der Waals surface area (Å²) in [5, 5.41) is 0. The van der Waals surface area contributed by atoms with E-state index < -0.39 is 0 Å². The first-order valence-electron chi connectivity index (χ1n) is 6.29. The third-order valence-electron chi connectivity index (χ3n) is 4.05. The molecule has 0 radical (unpaired) electrons. The summed E-state index contributed by atoms with van der Waals surface area (Å²) >= 11 is 0. The van der Waals surface area contributed by atoms with Crippen molar-refractivity contribution in [3.8, 4) is 0 Å². The maximum atomic E-state index is 2.73. The zero-order chi connectivity index (χ0) is 9.97. The smallest absolute Gasteiger partial charge is 0.0122 e. The molecule has 0 N–H and O–H groups in total. The van der Waals surface area contributed by atoms with Gasteiger partial charge in [0.25, 0.3) is 0 Å². The molecule has 2 nitrogen and oxygen atoms in total. The van der Waals surface area contributed by atoms with Gasteiger partial charge < -0.3 is 9.80 Å². The molecular formula is C12H24N2. The maximum Gasteiger partial charge on any atom is 0.0122 e. The molecule has 0 amide bonds. The van der Waals surface area contributed by atoms with Gasteiger partial charge in [0.2, 0.25) is 0 Å². The predicted molar refractivity (Wildman–Crippen MR) is 60.5 cm³/mol. The zero-order valence-electron chi connectivity index (χ0n) is 9.71. The van der Waals surface area contributed by atoms with Gasteiger partial charge in [-0.05, 0) is 58.8 Å². The van der Waals surface area contributed by atoms with Crippen molar-refractivity contribution < 1.29 is 0 Å². The first-order valence-corrected chi connectivity index (χ1v) is 6.29. The third kappa shape index (κ3) is 2.12.